The van der Waals surface area contributed by atoms with E-state index in [9.17, 15) is 4.79 Å². The van der Waals surface area contributed by atoms with Crippen LogP contribution in [0.5, 0.6) is 17.2 Å². The van der Waals surface area contributed by atoms with Gasteiger partial charge in [0.1, 0.15) is 5.75 Å². The molecule has 0 spiro atoms. The quantitative estimate of drug-likeness (QED) is 0.536. The zero-order valence-corrected chi connectivity index (χ0v) is 16.9. The maximum absolute atomic E-state index is 12.1. The van der Waals surface area contributed by atoms with Crippen molar-refractivity contribution in [3.8, 4) is 17.2 Å². The maximum atomic E-state index is 12.1. The maximum Gasteiger partial charge on any atom is 0.230 e. The van der Waals surface area contributed by atoms with Crippen molar-refractivity contribution in [2.45, 2.75) is 11.6 Å². The first-order valence-corrected chi connectivity index (χ1v) is 9.75. The average Bonchev–Trinajstić information content (AvgIpc) is 3.14. The first kappa shape index (κ1) is 19.9. The summed E-state index contributed by atoms with van der Waals surface area (Å²) in [6.45, 7) is 0.548. The third-order valence-electron chi connectivity index (χ3n) is 4.19. The van der Waals surface area contributed by atoms with E-state index in [1.54, 1.807) is 21.3 Å². The number of rotatable bonds is 9. The van der Waals surface area contributed by atoms with Gasteiger partial charge < -0.3 is 24.5 Å². The van der Waals surface area contributed by atoms with Gasteiger partial charge >= 0.3 is 0 Å². The Morgan fingerprint density at radius 2 is 1.89 bits per heavy atom. The Bertz CT molecular complexity index is 958. The smallest absolute Gasteiger partial charge is 0.230 e. The molecule has 2 N–H and O–H groups in total. The lowest BCUT2D eigenvalue weighted by Gasteiger charge is -2.10. The molecule has 0 saturated heterocycles. The van der Waals surface area contributed by atoms with Gasteiger partial charge in [0.25, 0.3) is 0 Å². The minimum Gasteiger partial charge on any atom is -0.497 e. The summed E-state index contributed by atoms with van der Waals surface area (Å²) in [5.41, 5.74) is 2.80. The molecule has 0 bridgehead atoms. The number of hydrogen-bond donors (Lipinski definition) is 2. The minimum absolute atomic E-state index is 0.0384. The van der Waals surface area contributed by atoms with Gasteiger partial charge in [0, 0.05) is 12.6 Å². The molecule has 2 aromatic carbocycles. The zero-order valence-electron chi connectivity index (χ0n) is 16.1. The van der Waals surface area contributed by atoms with Gasteiger partial charge in [0.15, 0.2) is 16.7 Å². The Morgan fingerprint density at radius 3 is 2.64 bits per heavy atom. The SMILES string of the molecule is COc1ccc2nc(SCC(=O)NCCc3ccc(OC)c(OC)c3)[nH]c2c1. The normalized spacial score (nSPS) is 10.7. The number of nitrogens with one attached hydrogen (secondary N) is 2. The van der Waals surface area contributed by atoms with Crippen molar-refractivity contribution in [2.75, 3.05) is 33.6 Å². The molecule has 148 valence electrons. The van der Waals surface area contributed by atoms with Crippen LogP contribution in [0.3, 0.4) is 0 Å². The minimum atomic E-state index is -0.0384. The fourth-order valence-corrected chi connectivity index (χ4v) is 3.44. The number of amides is 1. The number of hydrogen-bond acceptors (Lipinski definition) is 6. The largest absolute Gasteiger partial charge is 0.497 e. The zero-order chi connectivity index (χ0) is 19.9. The first-order valence-electron chi connectivity index (χ1n) is 8.77. The monoisotopic (exact) mass is 401 g/mol. The van der Waals surface area contributed by atoms with E-state index >= 15 is 0 Å². The van der Waals surface area contributed by atoms with Gasteiger partial charge in [-0.05, 0) is 36.2 Å². The molecule has 0 saturated carbocycles. The number of H-pyrrole nitrogens is 1. The molecular weight excluding hydrogens is 378 g/mol. The van der Waals surface area contributed by atoms with Crippen LogP contribution in [0, 0.1) is 0 Å². The summed E-state index contributed by atoms with van der Waals surface area (Å²) >= 11 is 1.37. The number of carbonyl (C=O) groups excluding carboxylic acids is 1. The van der Waals surface area contributed by atoms with Crippen molar-refractivity contribution in [2.24, 2.45) is 0 Å². The second-order valence-corrected chi connectivity index (χ2v) is 6.97. The number of aromatic nitrogens is 2. The molecule has 7 nitrogen and oxygen atoms in total. The van der Waals surface area contributed by atoms with E-state index in [4.69, 9.17) is 14.2 Å². The molecule has 0 aliphatic carbocycles. The Kier molecular flexibility index (Phi) is 6.65. The van der Waals surface area contributed by atoms with Crippen LogP contribution in [0.25, 0.3) is 11.0 Å². The van der Waals surface area contributed by atoms with Gasteiger partial charge in [0.2, 0.25) is 5.91 Å². The summed E-state index contributed by atoms with van der Waals surface area (Å²) in [6, 6.07) is 11.4. The van der Waals surface area contributed by atoms with E-state index in [-0.39, 0.29) is 5.91 Å². The second kappa shape index (κ2) is 9.36. The highest BCUT2D eigenvalue weighted by Crippen LogP contribution is 2.27. The Morgan fingerprint density at radius 1 is 1.07 bits per heavy atom. The molecule has 0 aliphatic heterocycles. The van der Waals surface area contributed by atoms with Crippen molar-refractivity contribution < 1.29 is 19.0 Å². The van der Waals surface area contributed by atoms with Gasteiger partial charge in [0.05, 0.1) is 38.1 Å². The highest BCUT2D eigenvalue weighted by atomic mass is 32.2. The number of imidazole rings is 1. The number of nitrogens with zero attached hydrogens (tertiary/aromatic N) is 1. The molecule has 0 atom stereocenters. The molecule has 28 heavy (non-hydrogen) atoms. The molecule has 0 unspecified atom stereocenters. The van der Waals surface area contributed by atoms with Gasteiger partial charge in [-0.25, -0.2) is 4.98 Å². The van der Waals surface area contributed by atoms with Crippen LogP contribution in [0.2, 0.25) is 0 Å². The van der Waals surface area contributed by atoms with Crippen LogP contribution < -0.4 is 19.5 Å². The predicted octanol–water partition coefficient (Wildman–Crippen LogP) is 3.04. The van der Waals surface area contributed by atoms with E-state index in [2.05, 4.69) is 15.3 Å². The number of carbonyl (C=O) groups is 1. The molecule has 0 fully saturated rings. The summed E-state index contributed by atoms with van der Waals surface area (Å²) in [6.07, 6.45) is 0.710. The van der Waals surface area contributed by atoms with E-state index in [0.717, 1.165) is 22.3 Å². The predicted molar refractivity (Wildman–Crippen MR) is 110 cm³/mol. The highest BCUT2D eigenvalue weighted by Gasteiger charge is 2.09. The number of thioether (sulfide) groups is 1. The topological polar surface area (TPSA) is 85.5 Å². The molecular formula is C20H23N3O4S. The van der Waals surface area contributed by atoms with Crippen LogP contribution in [0.15, 0.2) is 41.6 Å². The fraction of sp³-hybridized carbons (Fsp3) is 0.300. The van der Waals surface area contributed by atoms with Crippen LogP contribution in [0.4, 0.5) is 0 Å². The van der Waals surface area contributed by atoms with Crippen LogP contribution >= 0.6 is 11.8 Å². The fourth-order valence-electron chi connectivity index (χ4n) is 2.73. The van der Waals surface area contributed by atoms with Gasteiger partial charge in [-0.2, -0.15) is 0 Å². The summed E-state index contributed by atoms with van der Waals surface area (Å²) in [7, 11) is 4.84. The van der Waals surface area contributed by atoms with E-state index in [1.165, 1.54) is 11.8 Å². The van der Waals surface area contributed by atoms with Crippen molar-refractivity contribution in [1.29, 1.82) is 0 Å². The lowest BCUT2D eigenvalue weighted by Crippen LogP contribution is -2.27. The molecule has 1 heterocycles. The lowest BCUT2D eigenvalue weighted by atomic mass is 10.1. The van der Waals surface area contributed by atoms with E-state index in [1.807, 2.05) is 36.4 Å². The Labute approximate surface area is 167 Å². The molecule has 3 rings (SSSR count). The van der Waals surface area contributed by atoms with E-state index < -0.39 is 0 Å². The molecule has 0 aliphatic rings. The summed E-state index contributed by atoms with van der Waals surface area (Å²) in [5, 5.41) is 3.63. The average molecular weight is 401 g/mol. The number of fused-ring (bicyclic) bond motifs is 1. The highest BCUT2D eigenvalue weighted by molar-refractivity contribution is 7.99. The first-order chi connectivity index (χ1) is 13.6. The molecule has 1 amide bonds. The summed E-state index contributed by atoms with van der Waals surface area (Å²) in [5.74, 6) is 2.39. The van der Waals surface area contributed by atoms with Crippen molar-refractivity contribution in [3.05, 3.63) is 42.0 Å². The van der Waals surface area contributed by atoms with Gasteiger partial charge in [-0.3, -0.25) is 4.79 Å². The molecule has 8 heteroatoms. The van der Waals surface area contributed by atoms with Gasteiger partial charge in [-0.1, -0.05) is 17.8 Å². The third kappa shape index (κ3) is 4.89. The van der Waals surface area contributed by atoms with Crippen molar-refractivity contribution in [1.82, 2.24) is 15.3 Å². The van der Waals surface area contributed by atoms with Crippen LogP contribution in [0.1, 0.15) is 5.56 Å². The Balaban J connectivity index is 1.47. The number of aromatic amines is 1. The molecule has 1 aromatic heterocycles. The Hall–Kier alpha value is -2.87. The van der Waals surface area contributed by atoms with Crippen molar-refractivity contribution >= 4 is 28.7 Å². The molecule has 0 radical (unpaired) electrons. The standard InChI is InChI=1S/C20H23N3O4S/c1-25-14-5-6-15-16(11-14)23-20(22-15)28-12-19(24)21-9-8-13-4-7-17(26-2)18(10-13)27-3/h4-7,10-11H,8-9,12H2,1-3H3,(H,21,24)(H,22,23). The molecule has 3 aromatic rings. The van der Waals surface area contributed by atoms with E-state index in [0.29, 0.717) is 35.4 Å². The third-order valence-corrected chi connectivity index (χ3v) is 5.06. The lowest BCUT2D eigenvalue weighted by molar-refractivity contribution is -0.118. The van der Waals surface area contributed by atoms with Gasteiger partial charge in [-0.15, -0.1) is 0 Å². The number of methoxy groups -OCH3 is 3. The second-order valence-electron chi connectivity index (χ2n) is 6.00. The summed E-state index contributed by atoms with van der Waals surface area (Å²) in [4.78, 5) is 19.8. The van der Waals surface area contributed by atoms with Crippen LogP contribution in [-0.4, -0.2) is 49.5 Å². The van der Waals surface area contributed by atoms with Crippen molar-refractivity contribution in [3.63, 3.8) is 0 Å². The number of benzene rings is 2. The number of ether oxygens (including phenoxy) is 3. The summed E-state index contributed by atoms with van der Waals surface area (Å²) < 4.78 is 15.7. The van der Waals surface area contributed by atoms with Crippen LogP contribution in [-0.2, 0) is 11.2 Å².